The molecule has 4 nitrogen and oxygen atoms in total. The number of amides is 1. The van der Waals surface area contributed by atoms with Gasteiger partial charge in [0, 0.05) is 22.7 Å². The molecule has 0 saturated heterocycles. The highest BCUT2D eigenvalue weighted by atomic mass is 32.1. The number of nitrogens with one attached hydrogen (secondary N) is 1. The minimum Gasteiger partial charge on any atom is -0.320 e. The molecule has 1 amide bonds. The molecule has 0 saturated carbocycles. The minimum absolute atomic E-state index is 0.408. The fourth-order valence-corrected chi connectivity index (χ4v) is 4.54. The molecule has 5 rings (SSSR count). The summed E-state index contributed by atoms with van der Waals surface area (Å²) < 4.78 is 27.9. The Kier molecular flexibility index (Phi) is 5.03. The largest absolute Gasteiger partial charge is 0.320 e. The summed E-state index contributed by atoms with van der Waals surface area (Å²) in [6, 6.07) is 11.5. The number of aromatic nitrogens is 2. The van der Waals surface area contributed by atoms with Crippen molar-refractivity contribution in [2.75, 3.05) is 5.32 Å². The van der Waals surface area contributed by atoms with E-state index in [1.807, 2.05) is 11.4 Å². The van der Waals surface area contributed by atoms with E-state index in [-0.39, 0.29) is 0 Å². The van der Waals surface area contributed by atoms with Gasteiger partial charge in [0.05, 0.1) is 17.6 Å². The number of hydrogen-bond donors (Lipinski definition) is 1. The van der Waals surface area contributed by atoms with E-state index < -0.39 is 23.1 Å². The van der Waals surface area contributed by atoms with Crippen molar-refractivity contribution in [2.45, 2.75) is 19.3 Å². The number of benzene rings is 2. The number of carbonyl (C=O) groups excluding carboxylic acids is 1. The zero-order valence-corrected chi connectivity index (χ0v) is 17.2. The van der Waals surface area contributed by atoms with Gasteiger partial charge in [-0.05, 0) is 54.7 Å². The first-order valence-corrected chi connectivity index (χ1v) is 10.8. The Morgan fingerprint density at radius 2 is 1.81 bits per heavy atom. The van der Waals surface area contributed by atoms with E-state index in [4.69, 9.17) is 0 Å². The lowest BCUT2D eigenvalue weighted by molar-refractivity contribution is 0.101. The molecular formula is C24H17F2N3OS. The molecule has 0 unspecified atom stereocenters. The number of carbonyl (C=O) groups is 1. The molecule has 4 aromatic rings. The number of pyridine rings is 1. The SMILES string of the molecule is O=C(Nc1cnc2c(c1)CCCc1ccc(-c3nccs3)cc1-2)c1c(F)cccc1F. The minimum atomic E-state index is -0.899. The van der Waals surface area contributed by atoms with E-state index in [9.17, 15) is 13.6 Å². The lowest BCUT2D eigenvalue weighted by Gasteiger charge is -2.12. The monoisotopic (exact) mass is 433 g/mol. The fourth-order valence-electron chi connectivity index (χ4n) is 3.90. The first-order chi connectivity index (χ1) is 15.1. The van der Waals surface area contributed by atoms with E-state index >= 15 is 0 Å². The highest BCUT2D eigenvalue weighted by Gasteiger charge is 2.20. The standard InChI is InChI=1S/C24H17F2N3OS/c25-19-5-2-6-20(26)21(19)23(30)29-17-11-15-4-1-3-14-7-8-16(24-27-9-10-31-24)12-18(14)22(15)28-13-17/h2,5-13H,1,3-4H2,(H,29,30). The number of halogens is 2. The normalized spacial score (nSPS) is 12.6. The molecule has 0 radical (unpaired) electrons. The summed E-state index contributed by atoms with van der Waals surface area (Å²) >= 11 is 1.58. The first-order valence-electron chi connectivity index (χ1n) is 9.87. The molecule has 0 aliphatic heterocycles. The van der Waals surface area contributed by atoms with Crippen LogP contribution >= 0.6 is 11.3 Å². The maximum absolute atomic E-state index is 13.9. The van der Waals surface area contributed by atoms with E-state index in [1.165, 1.54) is 17.8 Å². The van der Waals surface area contributed by atoms with E-state index in [1.54, 1.807) is 17.5 Å². The molecule has 0 spiro atoms. The quantitative estimate of drug-likeness (QED) is 0.438. The van der Waals surface area contributed by atoms with E-state index in [2.05, 4.69) is 33.5 Å². The average molecular weight is 433 g/mol. The second-order valence-electron chi connectivity index (χ2n) is 7.35. The average Bonchev–Trinajstić information content (AvgIpc) is 3.23. The van der Waals surface area contributed by atoms with Crippen LogP contribution in [-0.2, 0) is 12.8 Å². The third kappa shape index (κ3) is 3.72. The summed E-state index contributed by atoms with van der Waals surface area (Å²) in [6.07, 6.45) is 5.97. The van der Waals surface area contributed by atoms with Gasteiger partial charge >= 0.3 is 0 Å². The summed E-state index contributed by atoms with van der Waals surface area (Å²) in [5.41, 5.74) is 4.97. The van der Waals surface area contributed by atoms with Gasteiger partial charge in [-0.1, -0.05) is 18.2 Å². The number of fused-ring (bicyclic) bond motifs is 3. The second-order valence-corrected chi connectivity index (χ2v) is 8.24. The van der Waals surface area contributed by atoms with Crippen molar-refractivity contribution in [2.24, 2.45) is 0 Å². The Morgan fingerprint density at radius 1 is 1.00 bits per heavy atom. The summed E-state index contributed by atoms with van der Waals surface area (Å²) in [7, 11) is 0. The van der Waals surface area contributed by atoms with Gasteiger partial charge in [0.25, 0.3) is 5.91 Å². The number of aryl methyl sites for hydroxylation is 2. The highest BCUT2D eigenvalue weighted by Crippen LogP contribution is 2.35. The summed E-state index contributed by atoms with van der Waals surface area (Å²) in [6.45, 7) is 0. The predicted molar refractivity (Wildman–Crippen MR) is 117 cm³/mol. The van der Waals surface area contributed by atoms with Crippen LogP contribution in [0.15, 0.2) is 60.2 Å². The molecule has 2 aromatic carbocycles. The van der Waals surface area contributed by atoms with Gasteiger partial charge in [-0.15, -0.1) is 11.3 Å². The Morgan fingerprint density at radius 3 is 2.58 bits per heavy atom. The molecule has 1 N–H and O–H groups in total. The van der Waals surface area contributed by atoms with Gasteiger partial charge < -0.3 is 5.32 Å². The van der Waals surface area contributed by atoms with Crippen LogP contribution in [0, 0.1) is 11.6 Å². The van der Waals surface area contributed by atoms with Crippen molar-refractivity contribution in [1.82, 2.24) is 9.97 Å². The molecule has 31 heavy (non-hydrogen) atoms. The van der Waals surface area contributed by atoms with Crippen molar-refractivity contribution < 1.29 is 13.6 Å². The van der Waals surface area contributed by atoms with Crippen LogP contribution in [0.5, 0.6) is 0 Å². The first kappa shape index (κ1) is 19.5. The third-order valence-electron chi connectivity index (χ3n) is 5.35. The Hall–Kier alpha value is -3.45. The number of hydrogen-bond acceptors (Lipinski definition) is 4. The van der Waals surface area contributed by atoms with Crippen molar-refractivity contribution >= 4 is 22.9 Å². The molecule has 2 aromatic heterocycles. The number of anilines is 1. The topological polar surface area (TPSA) is 54.9 Å². The lowest BCUT2D eigenvalue weighted by atomic mass is 9.99. The van der Waals surface area contributed by atoms with Crippen LogP contribution in [0.1, 0.15) is 27.9 Å². The molecule has 1 aliphatic carbocycles. The molecule has 0 atom stereocenters. The van der Waals surface area contributed by atoms with Gasteiger partial charge in [-0.25, -0.2) is 13.8 Å². The summed E-state index contributed by atoms with van der Waals surface area (Å²) in [5, 5.41) is 5.47. The van der Waals surface area contributed by atoms with E-state index in [0.29, 0.717) is 5.69 Å². The van der Waals surface area contributed by atoms with Gasteiger partial charge in [0.1, 0.15) is 22.2 Å². The predicted octanol–water partition coefficient (Wildman–Crippen LogP) is 5.89. The molecule has 0 bridgehead atoms. The zero-order valence-electron chi connectivity index (χ0n) is 16.4. The van der Waals surface area contributed by atoms with Crippen LogP contribution in [0.2, 0.25) is 0 Å². The zero-order chi connectivity index (χ0) is 21.4. The number of thiazole rings is 1. The highest BCUT2D eigenvalue weighted by molar-refractivity contribution is 7.13. The summed E-state index contributed by atoms with van der Waals surface area (Å²) in [4.78, 5) is 21.5. The lowest BCUT2D eigenvalue weighted by Crippen LogP contribution is -2.16. The van der Waals surface area contributed by atoms with Crippen LogP contribution in [0.4, 0.5) is 14.5 Å². The van der Waals surface area contributed by atoms with Crippen molar-refractivity contribution in [1.29, 1.82) is 0 Å². The molecule has 154 valence electrons. The van der Waals surface area contributed by atoms with Gasteiger partial charge in [0.2, 0.25) is 0 Å². The maximum Gasteiger partial charge on any atom is 0.261 e. The maximum atomic E-state index is 13.9. The van der Waals surface area contributed by atoms with Crippen molar-refractivity contribution in [3.63, 3.8) is 0 Å². The number of rotatable bonds is 3. The summed E-state index contributed by atoms with van der Waals surface area (Å²) in [5.74, 6) is -2.63. The fraction of sp³-hybridized carbons (Fsp3) is 0.125. The van der Waals surface area contributed by atoms with Crippen LogP contribution in [0.3, 0.4) is 0 Å². The van der Waals surface area contributed by atoms with Crippen molar-refractivity contribution in [3.8, 4) is 21.8 Å². The van der Waals surface area contributed by atoms with Crippen LogP contribution in [0.25, 0.3) is 21.8 Å². The Bertz CT molecular complexity index is 1270. The Labute approximate surface area is 181 Å². The van der Waals surface area contributed by atoms with Crippen LogP contribution < -0.4 is 5.32 Å². The Balaban J connectivity index is 1.50. The van der Waals surface area contributed by atoms with Gasteiger partial charge in [0.15, 0.2) is 0 Å². The van der Waals surface area contributed by atoms with E-state index in [0.717, 1.165) is 58.8 Å². The van der Waals surface area contributed by atoms with Crippen LogP contribution in [-0.4, -0.2) is 15.9 Å². The smallest absolute Gasteiger partial charge is 0.261 e. The molecule has 7 heteroatoms. The van der Waals surface area contributed by atoms with Gasteiger partial charge in [-0.3, -0.25) is 9.78 Å². The molecular weight excluding hydrogens is 416 g/mol. The van der Waals surface area contributed by atoms with Gasteiger partial charge in [-0.2, -0.15) is 0 Å². The number of nitrogens with zero attached hydrogens (tertiary/aromatic N) is 2. The molecule has 0 fully saturated rings. The third-order valence-corrected chi connectivity index (χ3v) is 6.17. The second kappa shape index (κ2) is 8.00. The van der Waals surface area contributed by atoms with Crippen molar-refractivity contribution in [3.05, 3.63) is 88.6 Å². The molecule has 1 aliphatic rings. The molecule has 2 heterocycles.